The van der Waals surface area contributed by atoms with Crippen LogP contribution in [0.25, 0.3) is 0 Å². The van der Waals surface area contributed by atoms with Crippen LogP contribution in [0, 0.1) is 0 Å². The van der Waals surface area contributed by atoms with E-state index in [1.54, 1.807) is 6.07 Å². The first-order valence-electron chi connectivity index (χ1n) is 8.14. The molecular formula is C17H29NO3. The molecule has 1 N–H and O–H groups in total. The molecule has 120 valence electrons. The van der Waals surface area contributed by atoms with Gasteiger partial charge in [-0.15, -0.1) is 0 Å². The van der Waals surface area contributed by atoms with E-state index in [1.807, 2.05) is 6.07 Å². The summed E-state index contributed by atoms with van der Waals surface area (Å²) in [6.07, 6.45) is 8.41. The molecule has 1 unspecified atom stereocenters. The molecule has 0 aromatic carbocycles. The van der Waals surface area contributed by atoms with E-state index in [9.17, 15) is 4.79 Å². The van der Waals surface area contributed by atoms with Crippen molar-refractivity contribution in [2.75, 3.05) is 13.7 Å². The number of nitrogens with one attached hydrogen (secondary N) is 1. The van der Waals surface area contributed by atoms with Gasteiger partial charge in [-0.3, -0.25) is 0 Å². The summed E-state index contributed by atoms with van der Waals surface area (Å²) >= 11 is 0. The summed E-state index contributed by atoms with van der Waals surface area (Å²) in [5.41, 5.74) is 0. The average Bonchev–Trinajstić information content (AvgIpc) is 2.99. The minimum Gasteiger partial charge on any atom is -0.463 e. The van der Waals surface area contributed by atoms with Gasteiger partial charge in [0.15, 0.2) is 0 Å². The maximum atomic E-state index is 11.5. The van der Waals surface area contributed by atoms with Crippen LogP contribution in [0.1, 0.15) is 81.2 Å². The van der Waals surface area contributed by atoms with Gasteiger partial charge in [0.05, 0.1) is 13.2 Å². The number of hydrogen-bond donors (Lipinski definition) is 1. The highest BCUT2D eigenvalue weighted by Gasteiger charge is 2.17. The first-order valence-corrected chi connectivity index (χ1v) is 8.14. The van der Waals surface area contributed by atoms with Crippen LogP contribution >= 0.6 is 0 Å². The summed E-state index contributed by atoms with van der Waals surface area (Å²) < 4.78 is 10.3. The van der Waals surface area contributed by atoms with Crippen molar-refractivity contribution >= 4 is 5.97 Å². The van der Waals surface area contributed by atoms with Gasteiger partial charge in [0, 0.05) is 0 Å². The Morgan fingerprint density at radius 1 is 1.19 bits per heavy atom. The summed E-state index contributed by atoms with van der Waals surface area (Å²) in [4.78, 5) is 11.5. The van der Waals surface area contributed by atoms with Crippen LogP contribution < -0.4 is 5.32 Å². The zero-order chi connectivity index (χ0) is 15.5. The largest absolute Gasteiger partial charge is 0.463 e. The monoisotopic (exact) mass is 295 g/mol. The SMILES string of the molecule is CCCCCCCC(NCCC)c1ccc(C(=O)OC)o1. The molecule has 0 radical (unpaired) electrons. The lowest BCUT2D eigenvalue weighted by Gasteiger charge is -2.16. The van der Waals surface area contributed by atoms with Crippen molar-refractivity contribution in [1.82, 2.24) is 5.32 Å². The van der Waals surface area contributed by atoms with E-state index in [0.29, 0.717) is 0 Å². The van der Waals surface area contributed by atoms with Crippen molar-refractivity contribution in [1.29, 1.82) is 0 Å². The van der Waals surface area contributed by atoms with E-state index in [4.69, 9.17) is 4.42 Å². The Hall–Kier alpha value is -1.29. The van der Waals surface area contributed by atoms with Crippen LogP contribution in [-0.4, -0.2) is 19.6 Å². The molecule has 0 aliphatic heterocycles. The molecule has 0 saturated carbocycles. The molecule has 21 heavy (non-hydrogen) atoms. The molecule has 1 aromatic heterocycles. The number of carbonyl (C=O) groups is 1. The summed E-state index contributed by atoms with van der Waals surface area (Å²) in [6.45, 7) is 5.32. The number of furan rings is 1. The highest BCUT2D eigenvalue weighted by atomic mass is 16.5. The highest BCUT2D eigenvalue weighted by molar-refractivity contribution is 5.86. The van der Waals surface area contributed by atoms with Gasteiger partial charge in [0.2, 0.25) is 5.76 Å². The standard InChI is InChI=1S/C17H29NO3/c1-4-6-7-8-9-10-14(18-13-5-2)15-11-12-16(21-15)17(19)20-3/h11-12,14,18H,4-10,13H2,1-3H3. The Bertz CT molecular complexity index is 400. The normalized spacial score (nSPS) is 12.3. The van der Waals surface area contributed by atoms with Crippen LogP contribution in [0.15, 0.2) is 16.5 Å². The molecule has 1 atom stereocenters. The first kappa shape index (κ1) is 17.8. The average molecular weight is 295 g/mol. The molecule has 1 rings (SSSR count). The van der Waals surface area contributed by atoms with Crippen LogP contribution in [-0.2, 0) is 4.74 Å². The summed E-state index contributed by atoms with van der Waals surface area (Å²) in [5.74, 6) is 0.694. The predicted octanol–water partition coefficient (Wildman–Crippen LogP) is 4.47. The van der Waals surface area contributed by atoms with E-state index in [1.165, 1.54) is 39.2 Å². The minimum atomic E-state index is -0.418. The summed E-state index contributed by atoms with van der Waals surface area (Å²) in [7, 11) is 1.37. The van der Waals surface area contributed by atoms with Crippen LogP contribution in [0.3, 0.4) is 0 Å². The minimum absolute atomic E-state index is 0.185. The van der Waals surface area contributed by atoms with Crippen molar-refractivity contribution in [2.24, 2.45) is 0 Å². The predicted molar refractivity (Wildman–Crippen MR) is 84.5 cm³/mol. The van der Waals surface area contributed by atoms with Gasteiger partial charge in [-0.1, -0.05) is 46.0 Å². The maximum absolute atomic E-state index is 11.5. The second kappa shape index (κ2) is 10.4. The molecule has 1 aromatic rings. The summed E-state index contributed by atoms with van der Waals surface area (Å²) in [6, 6.07) is 3.76. The van der Waals surface area contributed by atoms with Crippen molar-refractivity contribution < 1.29 is 13.9 Å². The Morgan fingerprint density at radius 3 is 2.62 bits per heavy atom. The Morgan fingerprint density at radius 2 is 1.95 bits per heavy atom. The number of unbranched alkanes of at least 4 members (excludes halogenated alkanes) is 4. The van der Waals surface area contributed by atoms with Gasteiger partial charge in [-0.05, 0) is 31.5 Å². The third-order valence-electron chi connectivity index (χ3n) is 3.59. The molecule has 0 fully saturated rings. The fraction of sp³-hybridized carbons (Fsp3) is 0.706. The Kier molecular flexibility index (Phi) is 8.83. The Balaban J connectivity index is 2.55. The number of rotatable bonds is 11. The molecule has 0 saturated heterocycles. The molecule has 0 aliphatic carbocycles. The van der Waals surface area contributed by atoms with Crippen LogP contribution in [0.5, 0.6) is 0 Å². The van der Waals surface area contributed by atoms with Crippen molar-refractivity contribution in [2.45, 2.75) is 64.8 Å². The zero-order valence-corrected chi connectivity index (χ0v) is 13.6. The molecule has 0 spiro atoms. The molecule has 4 heteroatoms. The van der Waals surface area contributed by atoms with Crippen LogP contribution in [0.4, 0.5) is 0 Å². The third kappa shape index (κ3) is 6.34. The number of methoxy groups -OCH3 is 1. The molecule has 4 nitrogen and oxygen atoms in total. The third-order valence-corrected chi connectivity index (χ3v) is 3.59. The molecule has 0 amide bonds. The topological polar surface area (TPSA) is 51.5 Å². The Labute approximate surface area is 128 Å². The smallest absolute Gasteiger partial charge is 0.373 e. The van der Waals surface area contributed by atoms with E-state index in [2.05, 4.69) is 23.9 Å². The van der Waals surface area contributed by atoms with Gasteiger partial charge < -0.3 is 14.5 Å². The van der Waals surface area contributed by atoms with E-state index < -0.39 is 5.97 Å². The lowest BCUT2D eigenvalue weighted by atomic mass is 10.0. The molecule has 1 heterocycles. The van der Waals surface area contributed by atoms with Gasteiger partial charge in [-0.2, -0.15) is 0 Å². The van der Waals surface area contributed by atoms with Crippen molar-refractivity contribution in [3.05, 3.63) is 23.7 Å². The van der Waals surface area contributed by atoms with Crippen molar-refractivity contribution in [3.8, 4) is 0 Å². The van der Waals surface area contributed by atoms with Gasteiger partial charge in [0.25, 0.3) is 0 Å². The number of hydrogen-bond acceptors (Lipinski definition) is 4. The molecular weight excluding hydrogens is 266 g/mol. The van der Waals surface area contributed by atoms with Crippen molar-refractivity contribution in [3.63, 3.8) is 0 Å². The quantitative estimate of drug-likeness (QED) is 0.483. The molecule has 0 bridgehead atoms. The van der Waals surface area contributed by atoms with Gasteiger partial charge >= 0.3 is 5.97 Å². The number of esters is 1. The van der Waals surface area contributed by atoms with Crippen LogP contribution in [0.2, 0.25) is 0 Å². The van der Waals surface area contributed by atoms with Gasteiger partial charge in [-0.25, -0.2) is 4.79 Å². The fourth-order valence-electron chi connectivity index (χ4n) is 2.37. The second-order valence-electron chi connectivity index (χ2n) is 5.40. The number of carbonyl (C=O) groups excluding carboxylic acids is 1. The van der Waals surface area contributed by atoms with E-state index in [0.717, 1.165) is 25.1 Å². The zero-order valence-electron chi connectivity index (χ0n) is 13.6. The van der Waals surface area contributed by atoms with E-state index >= 15 is 0 Å². The number of ether oxygens (including phenoxy) is 1. The lowest BCUT2D eigenvalue weighted by molar-refractivity contribution is 0.0561. The van der Waals surface area contributed by atoms with Gasteiger partial charge in [0.1, 0.15) is 5.76 Å². The summed E-state index contributed by atoms with van der Waals surface area (Å²) in [5, 5.41) is 3.50. The lowest BCUT2D eigenvalue weighted by Crippen LogP contribution is -2.21. The maximum Gasteiger partial charge on any atom is 0.373 e. The van der Waals surface area contributed by atoms with E-state index in [-0.39, 0.29) is 11.8 Å². The molecule has 0 aliphatic rings. The first-order chi connectivity index (χ1) is 10.2. The fourth-order valence-corrected chi connectivity index (χ4v) is 2.37. The highest BCUT2D eigenvalue weighted by Crippen LogP contribution is 2.23. The second-order valence-corrected chi connectivity index (χ2v) is 5.40.